The fraction of sp³-hybridized carbons (Fsp3) is 0.462. The van der Waals surface area contributed by atoms with Crippen LogP contribution in [0.2, 0.25) is 0 Å². The molecule has 1 saturated carbocycles. The summed E-state index contributed by atoms with van der Waals surface area (Å²) >= 11 is 0. The van der Waals surface area contributed by atoms with E-state index in [2.05, 4.69) is 11.9 Å². The number of aromatic nitrogens is 2. The maximum atomic E-state index is 12.8. The van der Waals surface area contributed by atoms with E-state index in [1.165, 1.54) is 12.3 Å². The zero-order chi connectivity index (χ0) is 12.9. The summed E-state index contributed by atoms with van der Waals surface area (Å²) in [5, 5.41) is 0. The zero-order valence-corrected chi connectivity index (χ0v) is 9.91. The van der Waals surface area contributed by atoms with Gasteiger partial charge in [0.25, 0.3) is 0 Å². The lowest BCUT2D eigenvalue weighted by atomic mass is 9.75. The first-order valence-corrected chi connectivity index (χ1v) is 6.00. The van der Waals surface area contributed by atoms with Crippen molar-refractivity contribution in [3.63, 3.8) is 0 Å². The summed E-state index contributed by atoms with van der Waals surface area (Å²) in [5.74, 6) is 0.975. The van der Waals surface area contributed by atoms with Crippen molar-refractivity contribution in [2.24, 2.45) is 5.92 Å². The Labute approximate surface area is 102 Å². The molecule has 2 heterocycles. The largest absolute Gasteiger partial charge is 0.431 e. The molecule has 0 aromatic carbocycles. The average molecular weight is 254 g/mol. The molecule has 1 aliphatic carbocycles. The molecule has 3 rings (SSSR count). The van der Waals surface area contributed by atoms with Crippen LogP contribution in [0, 0.1) is 5.92 Å². The van der Waals surface area contributed by atoms with Crippen LogP contribution in [-0.4, -0.2) is 9.38 Å². The van der Waals surface area contributed by atoms with Crippen molar-refractivity contribution >= 4 is 5.65 Å². The van der Waals surface area contributed by atoms with E-state index in [1.807, 2.05) is 0 Å². The quantitative estimate of drug-likeness (QED) is 0.755. The Morgan fingerprint density at radius 1 is 1.28 bits per heavy atom. The van der Waals surface area contributed by atoms with Crippen molar-refractivity contribution in [1.29, 1.82) is 0 Å². The second-order valence-corrected chi connectivity index (χ2v) is 5.08. The summed E-state index contributed by atoms with van der Waals surface area (Å²) in [6, 6.07) is 4.10. The lowest BCUT2D eigenvalue weighted by molar-refractivity contribution is -0.142. The van der Waals surface area contributed by atoms with Crippen LogP contribution < -0.4 is 0 Å². The normalized spacial score (nSPS) is 24.2. The molecule has 0 aliphatic heterocycles. The molecule has 0 spiro atoms. The molecular weight excluding hydrogens is 241 g/mol. The summed E-state index contributed by atoms with van der Waals surface area (Å²) in [6.07, 6.45) is -0.768. The molecule has 1 fully saturated rings. The van der Waals surface area contributed by atoms with E-state index in [9.17, 15) is 13.2 Å². The number of hydrogen-bond donors (Lipinski definition) is 0. The molecule has 0 amide bonds. The highest BCUT2D eigenvalue weighted by Crippen LogP contribution is 2.41. The van der Waals surface area contributed by atoms with Gasteiger partial charge in [-0.3, -0.25) is 4.40 Å². The number of fused-ring (bicyclic) bond motifs is 1. The second kappa shape index (κ2) is 3.73. The number of imidazole rings is 1. The van der Waals surface area contributed by atoms with Gasteiger partial charge in [-0.15, -0.1) is 0 Å². The van der Waals surface area contributed by atoms with Gasteiger partial charge in [-0.2, -0.15) is 13.2 Å². The molecule has 0 radical (unpaired) electrons. The van der Waals surface area contributed by atoms with E-state index in [0.717, 1.165) is 29.0 Å². The first-order chi connectivity index (χ1) is 8.45. The highest BCUT2D eigenvalue weighted by Gasteiger charge is 2.34. The first kappa shape index (κ1) is 11.6. The molecule has 2 aromatic rings. The van der Waals surface area contributed by atoms with Gasteiger partial charge in [0.15, 0.2) is 0 Å². The van der Waals surface area contributed by atoms with E-state index >= 15 is 0 Å². The van der Waals surface area contributed by atoms with Gasteiger partial charge in [-0.1, -0.05) is 13.0 Å². The molecular formula is C13H13F3N2. The van der Waals surface area contributed by atoms with Crippen molar-refractivity contribution in [1.82, 2.24) is 9.38 Å². The Balaban J connectivity index is 2.06. The SMILES string of the molecule is CC1CC(c2cn3c(C(F)(F)F)cccc3n2)C1. The minimum Gasteiger partial charge on any atom is -0.295 e. The summed E-state index contributed by atoms with van der Waals surface area (Å²) in [5.41, 5.74) is 0.496. The minimum absolute atomic E-state index is 0.320. The van der Waals surface area contributed by atoms with Crippen LogP contribution in [0.5, 0.6) is 0 Å². The van der Waals surface area contributed by atoms with Crippen LogP contribution in [0.4, 0.5) is 13.2 Å². The van der Waals surface area contributed by atoms with Gasteiger partial charge in [0.2, 0.25) is 0 Å². The third-order valence-corrected chi connectivity index (χ3v) is 3.59. The zero-order valence-electron chi connectivity index (χ0n) is 9.91. The summed E-state index contributed by atoms with van der Waals surface area (Å²) in [4.78, 5) is 4.31. The fourth-order valence-corrected chi connectivity index (χ4v) is 2.60. The van der Waals surface area contributed by atoms with E-state index in [1.54, 1.807) is 6.07 Å². The van der Waals surface area contributed by atoms with Gasteiger partial charge in [-0.25, -0.2) is 4.98 Å². The minimum atomic E-state index is -4.34. The molecule has 0 bridgehead atoms. The number of rotatable bonds is 1. The smallest absolute Gasteiger partial charge is 0.295 e. The third-order valence-electron chi connectivity index (χ3n) is 3.59. The van der Waals surface area contributed by atoms with E-state index < -0.39 is 11.9 Å². The maximum Gasteiger partial charge on any atom is 0.431 e. The number of halogens is 3. The van der Waals surface area contributed by atoms with Gasteiger partial charge < -0.3 is 0 Å². The van der Waals surface area contributed by atoms with Crippen LogP contribution in [0.15, 0.2) is 24.4 Å². The van der Waals surface area contributed by atoms with Gasteiger partial charge in [0.05, 0.1) is 5.69 Å². The fourth-order valence-electron chi connectivity index (χ4n) is 2.60. The number of hydrogen-bond acceptors (Lipinski definition) is 1. The molecule has 18 heavy (non-hydrogen) atoms. The van der Waals surface area contributed by atoms with Crippen molar-refractivity contribution in [3.8, 4) is 0 Å². The number of alkyl halides is 3. The predicted molar refractivity (Wildman–Crippen MR) is 61.3 cm³/mol. The van der Waals surface area contributed by atoms with Gasteiger partial charge in [-0.05, 0) is 30.9 Å². The molecule has 0 atom stereocenters. The third kappa shape index (κ3) is 1.78. The Morgan fingerprint density at radius 3 is 2.61 bits per heavy atom. The van der Waals surface area contributed by atoms with Crippen LogP contribution >= 0.6 is 0 Å². The molecule has 2 aromatic heterocycles. The van der Waals surface area contributed by atoms with E-state index in [4.69, 9.17) is 0 Å². The number of pyridine rings is 1. The monoisotopic (exact) mass is 254 g/mol. The topological polar surface area (TPSA) is 17.3 Å². The maximum absolute atomic E-state index is 12.8. The summed E-state index contributed by atoms with van der Waals surface area (Å²) < 4.78 is 39.7. The van der Waals surface area contributed by atoms with Crippen molar-refractivity contribution in [2.75, 3.05) is 0 Å². The van der Waals surface area contributed by atoms with Gasteiger partial charge in [0.1, 0.15) is 11.3 Å². The van der Waals surface area contributed by atoms with Crippen LogP contribution in [-0.2, 0) is 6.18 Å². The molecule has 0 unspecified atom stereocenters. The van der Waals surface area contributed by atoms with Crippen molar-refractivity contribution in [3.05, 3.63) is 35.8 Å². The molecule has 0 N–H and O–H groups in total. The van der Waals surface area contributed by atoms with E-state index in [-0.39, 0.29) is 0 Å². The Bertz CT molecular complexity index is 579. The van der Waals surface area contributed by atoms with Crippen LogP contribution in [0.25, 0.3) is 5.65 Å². The molecule has 2 nitrogen and oxygen atoms in total. The molecule has 96 valence electrons. The lowest BCUT2D eigenvalue weighted by Crippen LogP contribution is -2.19. The highest BCUT2D eigenvalue weighted by molar-refractivity contribution is 5.43. The standard InChI is InChI=1S/C13H13F3N2/c1-8-5-9(6-8)10-7-18-11(13(14,15)16)3-2-4-12(18)17-10/h2-4,7-9H,5-6H2,1H3. The van der Waals surface area contributed by atoms with Crippen molar-refractivity contribution in [2.45, 2.75) is 31.9 Å². The van der Waals surface area contributed by atoms with Gasteiger partial charge in [0, 0.05) is 12.1 Å². The predicted octanol–water partition coefficient (Wildman–Crippen LogP) is 3.87. The average Bonchev–Trinajstić information content (AvgIpc) is 2.65. The highest BCUT2D eigenvalue weighted by atomic mass is 19.4. The van der Waals surface area contributed by atoms with Crippen LogP contribution in [0.3, 0.4) is 0 Å². The summed E-state index contributed by atoms with van der Waals surface area (Å²) in [6.45, 7) is 2.15. The van der Waals surface area contributed by atoms with Crippen LogP contribution in [0.1, 0.15) is 37.1 Å². The second-order valence-electron chi connectivity index (χ2n) is 5.08. The first-order valence-electron chi connectivity index (χ1n) is 6.00. The van der Waals surface area contributed by atoms with E-state index in [0.29, 0.717) is 17.5 Å². The van der Waals surface area contributed by atoms with Gasteiger partial charge >= 0.3 is 6.18 Å². The lowest BCUT2D eigenvalue weighted by Gasteiger charge is -2.31. The Hall–Kier alpha value is -1.52. The molecule has 1 aliphatic rings. The summed E-state index contributed by atoms with van der Waals surface area (Å²) in [7, 11) is 0. The molecule has 0 saturated heterocycles. The number of nitrogens with zero attached hydrogens (tertiary/aromatic N) is 2. The Kier molecular flexibility index (Phi) is 2.40. The Morgan fingerprint density at radius 2 is 2.00 bits per heavy atom. The molecule has 5 heteroatoms. The van der Waals surface area contributed by atoms with Crippen molar-refractivity contribution < 1.29 is 13.2 Å².